The standard InChI is InChI=1S/C12H21N3OS.C2H6/c1-13-11(17-2)12(16)15-5-3-9(4-6-15)10-7-14-8-10;1-2/h9-10,14H,3-8H2,1-2H3;1-2H3. The maximum atomic E-state index is 12.1. The number of hydrogen-bond acceptors (Lipinski definition) is 4. The number of thioether (sulfide) groups is 1. The van der Waals surface area contributed by atoms with Crippen molar-refractivity contribution in [3.8, 4) is 0 Å². The molecule has 5 heteroatoms. The number of hydrogen-bond donors (Lipinski definition) is 1. The van der Waals surface area contributed by atoms with Crippen molar-refractivity contribution in [2.75, 3.05) is 39.5 Å². The summed E-state index contributed by atoms with van der Waals surface area (Å²) in [4.78, 5) is 18.1. The average molecular weight is 285 g/mol. The Kier molecular flexibility index (Phi) is 7.46. The zero-order chi connectivity index (χ0) is 14.3. The van der Waals surface area contributed by atoms with Crippen molar-refractivity contribution in [2.45, 2.75) is 26.7 Å². The quantitative estimate of drug-likeness (QED) is 0.591. The largest absolute Gasteiger partial charge is 0.337 e. The van der Waals surface area contributed by atoms with Crippen LogP contribution in [0.3, 0.4) is 0 Å². The second kappa shape index (κ2) is 8.59. The predicted octanol–water partition coefficient (Wildman–Crippen LogP) is 1.86. The summed E-state index contributed by atoms with van der Waals surface area (Å²) >= 11 is 1.44. The lowest BCUT2D eigenvalue weighted by atomic mass is 9.81. The Morgan fingerprint density at radius 2 is 1.79 bits per heavy atom. The van der Waals surface area contributed by atoms with E-state index in [0.29, 0.717) is 5.04 Å². The Balaban J connectivity index is 0.000000861. The highest BCUT2D eigenvalue weighted by Crippen LogP contribution is 2.27. The molecule has 1 N–H and O–H groups in total. The van der Waals surface area contributed by atoms with E-state index in [9.17, 15) is 4.79 Å². The number of nitrogens with zero attached hydrogens (tertiary/aromatic N) is 2. The highest BCUT2D eigenvalue weighted by Gasteiger charge is 2.32. The lowest BCUT2D eigenvalue weighted by Crippen LogP contribution is -2.50. The number of piperidine rings is 1. The van der Waals surface area contributed by atoms with Crippen molar-refractivity contribution in [3.63, 3.8) is 0 Å². The molecule has 0 aromatic rings. The van der Waals surface area contributed by atoms with Crippen molar-refractivity contribution in [2.24, 2.45) is 16.8 Å². The summed E-state index contributed by atoms with van der Waals surface area (Å²) in [5, 5.41) is 3.96. The van der Waals surface area contributed by atoms with Gasteiger partial charge < -0.3 is 10.2 Å². The molecule has 0 radical (unpaired) electrons. The van der Waals surface area contributed by atoms with E-state index in [0.717, 1.165) is 37.8 Å². The maximum Gasteiger partial charge on any atom is 0.278 e. The number of rotatable bonds is 1. The van der Waals surface area contributed by atoms with E-state index in [1.54, 1.807) is 7.05 Å². The summed E-state index contributed by atoms with van der Waals surface area (Å²) in [6.45, 7) is 8.15. The van der Waals surface area contributed by atoms with Gasteiger partial charge in [-0.05, 0) is 44.0 Å². The minimum absolute atomic E-state index is 0.116. The van der Waals surface area contributed by atoms with Gasteiger partial charge in [0.15, 0.2) is 5.04 Å². The molecule has 2 fully saturated rings. The fraction of sp³-hybridized carbons (Fsp3) is 0.857. The van der Waals surface area contributed by atoms with Crippen molar-refractivity contribution in [1.82, 2.24) is 10.2 Å². The number of likely N-dealkylation sites (tertiary alicyclic amines) is 1. The third-order valence-corrected chi connectivity index (χ3v) is 4.63. The van der Waals surface area contributed by atoms with Crippen molar-refractivity contribution >= 4 is 22.7 Å². The smallest absolute Gasteiger partial charge is 0.278 e. The van der Waals surface area contributed by atoms with Crippen molar-refractivity contribution in [1.29, 1.82) is 0 Å². The molecule has 0 aromatic carbocycles. The van der Waals surface area contributed by atoms with E-state index in [1.165, 1.54) is 24.9 Å². The summed E-state index contributed by atoms with van der Waals surface area (Å²) < 4.78 is 0. The fourth-order valence-electron chi connectivity index (χ4n) is 2.63. The molecule has 0 bridgehead atoms. The van der Waals surface area contributed by atoms with Crippen LogP contribution in [0.25, 0.3) is 0 Å². The number of carbonyl (C=O) groups is 1. The van der Waals surface area contributed by atoms with Gasteiger partial charge in [0.2, 0.25) is 0 Å². The zero-order valence-corrected chi connectivity index (χ0v) is 13.4. The molecule has 0 atom stereocenters. The van der Waals surface area contributed by atoms with E-state index in [4.69, 9.17) is 0 Å². The van der Waals surface area contributed by atoms with Gasteiger partial charge in [-0.3, -0.25) is 9.79 Å². The number of carbonyl (C=O) groups excluding carboxylic acids is 1. The molecule has 0 aromatic heterocycles. The molecule has 1 amide bonds. The Bertz CT molecular complexity index is 308. The van der Waals surface area contributed by atoms with Crippen LogP contribution in [0.1, 0.15) is 26.7 Å². The van der Waals surface area contributed by atoms with Crippen LogP contribution in [0.2, 0.25) is 0 Å². The van der Waals surface area contributed by atoms with Gasteiger partial charge in [-0.1, -0.05) is 13.8 Å². The Morgan fingerprint density at radius 1 is 1.21 bits per heavy atom. The molecule has 2 aliphatic rings. The summed E-state index contributed by atoms with van der Waals surface area (Å²) in [6, 6.07) is 0. The van der Waals surface area contributed by atoms with Gasteiger partial charge in [-0.25, -0.2) is 0 Å². The molecule has 2 rings (SSSR count). The van der Waals surface area contributed by atoms with Crippen molar-refractivity contribution < 1.29 is 4.79 Å². The second-order valence-corrected chi connectivity index (χ2v) is 5.58. The maximum absolute atomic E-state index is 12.1. The van der Waals surface area contributed by atoms with E-state index in [1.807, 2.05) is 25.0 Å². The van der Waals surface area contributed by atoms with Gasteiger partial charge >= 0.3 is 0 Å². The molecule has 0 saturated carbocycles. The molecule has 4 nitrogen and oxygen atoms in total. The number of amides is 1. The normalized spacial score (nSPS) is 21.5. The van der Waals surface area contributed by atoms with Crippen molar-refractivity contribution in [3.05, 3.63) is 0 Å². The third kappa shape index (κ3) is 4.21. The SMILES string of the molecule is CC.CN=C(SC)C(=O)N1CCC(C2CNC2)CC1. The highest BCUT2D eigenvalue weighted by atomic mass is 32.2. The van der Waals surface area contributed by atoms with Crippen LogP contribution >= 0.6 is 11.8 Å². The second-order valence-electron chi connectivity index (χ2n) is 4.78. The number of nitrogens with one attached hydrogen (secondary N) is 1. The first-order valence-corrected chi connectivity index (χ1v) is 8.49. The lowest BCUT2D eigenvalue weighted by Gasteiger charge is -2.40. The van der Waals surface area contributed by atoms with E-state index < -0.39 is 0 Å². The third-order valence-electron chi connectivity index (χ3n) is 3.89. The van der Waals surface area contributed by atoms with Crippen LogP contribution in [0.4, 0.5) is 0 Å². The van der Waals surface area contributed by atoms with Gasteiger partial charge in [0.1, 0.15) is 0 Å². The van der Waals surface area contributed by atoms with Crippen LogP contribution < -0.4 is 5.32 Å². The molecule has 110 valence electrons. The molecule has 2 saturated heterocycles. The molecule has 0 unspecified atom stereocenters. The first-order valence-electron chi connectivity index (χ1n) is 7.27. The monoisotopic (exact) mass is 285 g/mol. The molecular weight excluding hydrogens is 258 g/mol. The molecule has 19 heavy (non-hydrogen) atoms. The fourth-order valence-corrected chi connectivity index (χ4v) is 3.11. The topological polar surface area (TPSA) is 44.7 Å². The molecular formula is C14H27N3OS. The summed E-state index contributed by atoms with van der Waals surface area (Å²) in [5.74, 6) is 1.79. The Morgan fingerprint density at radius 3 is 2.16 bits per heavy atom. The number of aliphatic imine (C=N–C) groups is 1. The Hall–Kier alpha value is -0.550. The van der Waals surface area contributed by atoms with Crippen LogP contribution in [0.15, 0.2) is 4.99 Å². The van der Waals surface area contributed by atoms with Crippen LogP contribution in [0, 0.1) is 11.8 Å². The van der Waals surface area contributed by atoms with E-state index in [-0.39, 0.29) is 5.91 Å². The van der Waals surface area contributed by atoms with Crippen LogP contribution in [-0.2, 0) is 4.79 Å². The van der Waals surface area contributed by atoms with Gasteiger partial charge in [0.05, 0.1) is 0 Å². The van der Waals surface area contributed by atoms with Gasteiger partial charge in [0, 0.05) is 20.1 Å². The predicted molar refractivity (Wildman–Crippen MR) is 83.9 cm³/mol. The van der Waals surface area contributed by atoms with Gasteiger partial charge in [0.25, 0.3) is 5.91 Å². The van der Waals surface area contributed by atoms with Crippen LogP contribution in [0.5, 0.6) is 0 Å². The first-order chi connectivity index (χ1) is 9.26. The zero-order valence-electron chi connectivity index (χ0n) is 12.6. The molecule has 2 heterocycles. The minimum atomic E-state index is 0.116. The summed E-state index contributed by atoms with van der Waals surface area (Å²) in [5.41, 5.74) is 0. The molecule has 0 spiro atoms. The summed E-state index contributed by atoms with van der Waals surface area (Å²) in [7, 11) is 1.69. The lowest BCUT2D eigenvalue weighted by molar-refractivity contribution is -0.125. The summed E-state index contributed by atoms with van der Waals surface area (Å²) in [6.07, 6.45) is 4.22. The van der Waals surface area contributed by atoms with E-state index in [2.05, 4.69) is 10.3 Å². The minimum Gasteiger partial charge on any atom is -0.337 e. The van der Waals surface area contributed by atoms with Crippen LogP contribution in [-0.4, -0.2) is 55.3 Å². The first kappa shape index (κ1) is 16.5. The molecule has 0 aliphatic carbocycles. The van der Waals surface area contributed by atoms with Gasteiger partial charge in [-0.2, -0.15) is 0 Å². The van der Waals surface area contributed by atoms with E-state index >= 15 is 0 Å². The molecule has 2 aliphatic heterocycles. The Labute approximate surface area is 121 Å². The highest BCUT2D eigenvalue weighted by molar-refractivity contribution is 8.15. The van der Waals surface area contributed by atoms with Gasteiger partial charge in [-0.15, -0.1) is 11.8 Å². The average Bonchev–Trinajstić information content (AvgIpc) is 2.41.